The highest BCUT2D eigenvalue weighted by atomic mass is 16.2. The lowest BCUT2D eigenvalue weighted by molar-refractivity contribution is -0.135. The molecule has 5 nitrogen and oxygen atoms in total. The van der Waals surface area contributed by atoms with Gasteiger partial charge < -0.3 is 10.2 Å². The smallest absolute Gasteiger partial charge is 0.237 e. The lowest BCUT2D eigenvalue weighted by atomic mass is 10.1. The maximum atomic E-state index is 12.3. The Morgan fingerprint density at radius 1 is 1.12 bits per heavy atom. The van der Waals surface area contributed by atoms with Gasteiger partial charge in [0.05, 0.1) is 6.04 Å². The average Bonchev–Trinajstić information content (AvgIpc) is 3.46. The molecule has 2 aliphatic rings. The second-order valence-electron chi connectivity index (χ2n) is 6.84. The van der Waals surface area contributed by atoms with Crippen molar-refractivity contribution in [3.05, 3.63) is 35.9 Å². The fourth-order valence-corrected chi connectivity index (χ4v) is 3.21. The van der Waals surface area contributed by atoms with Gasteiger partial charge in [0.15, 0.2) is 0 Å². The van der Waals surface area contributed by atoms with Crippen molar-refractivity contribution in [2.45, 2.75) is 32.2 Å². The van der Waals surface area contributed by atoms with Gasteiger partial charge in [0.2, 0.25) is 11.8 Å². The van der Waals surface area contributed by atoms with Crippen molar-refractivity contribution in [3.8, 4) is 0 Å². The van der Waals surface area contributed by atoms with E-state index in [0.717, 1.165) is 45.4 Å². The predicted molar refractivity (Wildman–Crippen MR) is 93.5 cm³/mol. The van der Waals surface area contributed by atoms with Gasteiger partial charge in [-0.25, -0.2) is 0 Å². The molecule has 1 saturated carbocycles. The van der Waals surface area contributed by atoms with Crippen LogP contribution in [0.15, 0.2) is 30.3 Å². The number of hydrogen-bond acceptors (Lipinski definition) is 3. The summed E-state index contributed by atoms with van der Waals surface area (Å²) in [6.45, 7) is 5.68. The fourth-order valence-electron chi connectivity index (χ4n) is 3.21. The SMILES string of the molecule is C[C@@H](C(=O)NCCc1ccccc1)N1CCN(C(=O)C2CC2)CC1. The first kappa shape index (κ1) is 17.0. The molecule has 0 unspecified atom stereocenters. The Morgan fingerprint density at radius 2 is 1.79 bits per heavy atom. The maximum Gasteiger partial charge on any atom is 0.237 e. The van der Waals surface area contributed by atoms with E-state index >= 15 is 0 Å². The molecule has 1 aliphatic heterocycles. The Morgan fingerprint density at radius 3 is 2.42 bits per heavy atom. The molecule has 24 heavy (non-hydrogen) atoms. The number of amides is 2. The molecule has 1 atom stereocenters. The highest BCUT2D eigenvalue weighted by Gasteiger charge is 2.35. The van der Waals surface area contributed by atoms with Gasteiger partial charge in [0.25, 0.3) is 0 Å². The first-order valence-electron chi connectivity index (χ1n) is 8.99. The quantitative estimate of drug-likeness (QED) is 0.856. The summed E-state index contributed by atoms with van der Waals surface area (Å²) in [7, 11) is 0. The minimum atomic E-state index is -0.140. The number of carbonyl (C=O) groups excluding carboxylic acids is 2. The standard InChI is InChI=1S/C19H27N3O2/c1-15(18(23)20-10-9-16-5-3-2-4-6-16)21-11-13-22(14-12-21)19(24)17-7-8-17/h2-6,15,17H,7-14H2,1H3,(H,20,23)/t15-/m0/s1. The monoisotopic (exact) mass is 329 g/mol. The predicted octanol–water partition coefficient (Wildman–Crippen LogP) is 1.29. The first-order chi connectivity index (χ1) is 11.6. The molecule has 0 bridgehead atoms. The van der Waals surface area contributed by atoms with E-state index in [4.69, 9.17) is 0 Å². The average molecular weight is 329 g/mol. The number of benzene rings is 1. The van der Waals surface area contributed by atoms with Crippen molar-refractivity contribution in [1.29, 1.82) is 0 Å². The number of rotatable bonds is 6. The molecular formula is C19H27N3O2. The van der Waals surface area contributed by atoms with E-state index in [1.54, 1.807) is 0 Å². The summed E-state index contributed by atoms with van der Waals surface area (Å²) < 4.78 is 0. The van der Waals surface area contributed by atoms with Gasteiger partial charge in [-0.05, 0) is 31.7 Å². The van der Waals surface area contributed by atoms with Crippen LogP contribution < -0.4 is 5.32 Å². The van der Waals surface area contributed by atoms with Crippen molar-refractivity contribution in [2.24, 2.45) is 5.92 Å². The van der Waals surface area contributed by atoms with Gasteiger partial charge in [-0.2, -0.15) is 0 Å². The Hall–Kier alpha value is -1.88. The molecule has 1 heterocycles. The number of nitrogens with zero attached hydrogens (tertiary/aromatic N) is 2. The van der Waals surface area contributed by atoms with Crippen molar-refractivity contribution in [1.82, 2.24) is 15.1 Å². The van der Waals surface area contributed by atoms with E-state index in [2.05, 4.69) is 22.3 Å². The van der Waals surface area contributed by atoms with Crippen LogP contribution in [0.4, 0.5) is 0 Å². The van der Waals surface area contributed by atoms with Crippen molar-refractivity contribution >= 4 is 11.8 Å². The van der Waals surface area contributed by atoms with Crippen LogP contribution >= 0.6 is 0 Å². The number of piperazine rings is 1. The molecule has 2 amide bonds. The zero-order valence-electron chi connectivity index (χ0n) is 14.4. The summed E-state index contributed by atoms with van der Waals surface area (Å²) in [5.74, 6) is 0.678. The summed E-state index contributed by atoms with van der Waals surface area (Å²) in [5.41, 5.74) is 1.23. The first-order valence-corrected chi connectivity index (χ1v) is 8.99. The fraction of sp³-hybridized carbons (Fsp3) is 0.579. The summed E-state index contributed by atoms with van der Waals surface area (Å²) in [5, 5.41) is 3.03. The molecular weight excluding hydrogens is 302 g/mol. The summed E-state index contributed by atoms with van der Waals surface area (Å²) in [6.07, 6.45) is 2.96. The van der Waals surface area contributed by atoms with E-state index in [-0.39, 0.29) is 17.9 Å². The van der Waals surface area contributed by atoms with Gasteiger partial charge >= 0.3 is 0 Å². The van der Waals surface area contributed by atoms with Gasteiger partial charge in [-0.1, -0.05) is 30.3 Å². The van der Waals surface area contributed by atoms with Crippen LogP contribution in [0.5, 0.6) is 0 Å². The third-order valence-electron chi connectivity index (χ3n) is 5.04. The van der Waals surface area contributed by atoms with E-state index in [1.165, 1.54) is 5.56 Å². The van der Waals surface area contributed by atoms with Gasteiger partial charge in [-0.15, -0.1) is 0 Å². The van der Waals surface area contributed by atoms with Crippen molar-refractivity contribution < 1.29 is 9.59 Å². The van der Waals surface area contributed by atoms with Crippen LogP contribution in [0.1, 0.15) is 25.3 Å². The largest absolute Gasteiger partial charge is 0.354 e. The molecule has 1 aliphatic carbocycles. The van der Waals surface area contributed by atoms with Gasteiger partial charge in [0, 0.05) is 38.6 Å². The third-order valence-corrected chi connectivity index (χ3v) is 5.04. The van der Waals surface area contributed by atoms with Crippen LogP contribution in [0.2, 0.25) is 0 Å². The molecule has 5 heteroatoms. The molecule has 0 aromatic heterocycles. The molecule has 2 fully saturated rings. The summed E-state index contributed by atoms with van der Waals surface area (Å²) in [4.78, 5) is 28.5. The van der Waals surface area contributed by atoms with E-state index in [9.17, 15) is 9.59 Å². The zero-order valence-corrected chi connectivity index (χ0v) is 14.4. The number of carbonyl (C=O) groups is 2. The second-order valence-corrected chi connectivity index (χ2v) is 6.84. The highest BCUT2D eigenvalue weighted by molar-refractivity contribution is 5.82. The Balaban J connectivity index is 1.38. The lowest BCUT2D eigenvalue weighted by Crippen LogP contribution is -2.55. The van der Waals surface area contributed by atoms with Crippen LogP contribution in [0, 0.1) is 5.92 Å². The van der Waals surface area contributed by atoms with Crippen LogP contribution in [-0.2, 0) is 16.0 Å². The molecule has 1 saturated heterocycles. The molecule has 1 N–H and O–H groups in total. The molecule has 1 aromatic carbocycles. The third kappa shape index (κ3) is 4.35. The topological polar surface area (TPSA) is 52.7 Å². The second kappa shape index (κ2) is 7.79. The Bertz CT molecular complexity index is 563. The number of hydrogen-bond donors (Lipinski definition) is 1. The van der Waals surface area contributed by atoms with Crippen LogP contribution in [0.25, 0.3) is 0 Å². The number of nitrogens with one attached hydrogen (secondary N) is 1. The minimum absolute atomic E-state index is 0.0768. The molecule has 1 aromatic rings. The van der Waals surface area contributed by atoms with Crippen molar-refractivity contribution in [2.75, 3.05) is 32.7 Å². The molecule has 130 valence electrons. The molecule has 0 radical (unpaired) electrons. The Labute approximate surface area is 144 Å². The Kier molecular flexibility index (Phi) is 5.51. The van der Waals surface area contributed by atoms with Crippen LogP contribution in [0.3, 0.4) is 0 Å². The highest BCUT2D eigenvalue weighted by Crippen LogP contribution is 2.31. The summed E-state index contributed by atoms with van der Waals surface area (Å²) in [6, 6.07) is 10.0. The van der Waals surface area contributed by atoms with E-state index in [1.807, 2.05) is 30.0 Å². The van der Waals surface area contributed by atoms with E-state index in [0.29, 0.717) is 12.5 Å². The van der Waals surface area contributed by atoms with Crippen LogP contribution in [-0.4, -0.2) is 60.4 Å². The maximum absolute atomic E-state index is 12.3. The normalized spacial score (nSPS) is 19.8. The minimum Gasteiger partial charge on any atom is -0.354 e. The van der Waals surface area contributed by atoms with E-state index < -0.39 is 0 Å². The molecule has 3 rings (SSSR count). The van der Waals surface area contributed by atoms with Gasteiger partial charge in [-0.3, -0.25) is 14.5 Å². The van der Waals surface area contributed by atoms with Crippen molar-refractivity contribution in [3.63, 3.8) is 0 Å². The zero-order chi connectivity index (χ0) is 16.9. The van der Waals surface area contributed by atoms with Gasteiger partial charge in [0.1, 0.15) is 0 Å². The lowest BCUT2D eigenvalue weighted by Gasteiger charge is -2.37. The molecule has 0 spiro atoms. The summed E-state index contributed by atoms with van der Waals surface area (Å²) >= 11 is 0.